The van der Waals surface area contributed by atoms with Crippen LogP contribution in [0.1, 0.15) is 64.7 Å². The monoisotopic (exact) mass is 727 g/mol. The highest BCUT2D eigenvalue weighted by Gasteiger charge is 2.63. The van der Waals surface area contributed by atoms with Crippen LogP contribution in [0.15, 0.2) is 54.6 Å². The first-order valence-corrected chi connectivity index (χ1v) is 19.3. The van der Waals surface area contributed by atoms with Gasteiger partial charge in [0.15, 0.2) is 0 Å². The molecule has 11 nitrogen and oxygen atoms in total. The molecule has 2 aliphatic heterocycles. The van der Waals surface area contributed by atoms with Crippen molar-refractivity contribution in [1.29, 1.82) is 0 Å². The summed E-state index contributed by atoms with van der Waals surface area (Å²) in [6.07, 6.45) is 7.71. The fourth-order valence-electron chi connectivity index (χ4n) is 6.80. The number of nitrogens with zero attached hydrogens (tertiary/aromatic N) is 2. The number of anilines is 1. The molecule has 3 N–H and O–H groups in total. The highest BCUT2D eigenvalue weighted by molar-refractivity contribution is 7.91. The molecule has 0 spiro atoms. The van der Waals surface area contributed by atoms with Crippen LogP contribution in [0.2, 0.25) is 0 Å². The Bertz CT molecular complexity index is 1970. The summed E-state index contributed by atoms with van der Waals surface area (Å²) in [5.41, 5.74) is -0.542. The van der Waals surface area contributed by atoms with Crippen LogP contribution < -0.4 is 20.1 Å². The third-order valence-electron chi connectivity index (χ3n) is 10.2. The van der Waals surface area contributed by atoms with Gasteiger partial charge in [-0.25, -0.2) is 22.2 Å². The van der Waals surface area contributed by atoms with E-state index >= 15 is 0 Å². The van der Waals surface area contributed by atoms with E-state index in [4.69, 9.17) is 4.74 Å². The van der Waals surface area contributed by atoms with Gasteiger partial charge in [0, 0.05) is 18.0 Å². The summed E-state index contributed by atoms with van der Waals surface area (Å²) in [4.78, 5) is 48.2. The van der Waals surface area contributed by atoms with Crippen LogP contribution in [0.25, 0.3) is 10.2 Å². The molecule has 2 aromatic carbocycles. The zero-order chi connectivity index (χ0) is 35.3. The number of aromatic nitrogens is 1. The van der Waals surface area contributed by atoms with Crippen LogP contribution in [0.3, 0.4) is 0 Å². The predicted molar refractivity (Wildman–Crippen MR) is 184 cm³/mol. The van der Waals surface area contributed by atoms with Gasteiger partial charge < -0.3 is 20.3 Å². The number of hydrogen-bond acceptors (Lipinski definition) is 9. The molecule has 2 saturated carbocycles. The molecule has 50 heavy (non-hydrogen) atoms. The summed E-state index contributed by atoms with van der Waals surface area (Å²) in [7, 11) is -3.98. The largest absolute Gasteiger partial charge is 0.465 e. The zero-order valence-electron chi connectivity index (χ0n) is 27.5. The molecule has 1 aromatic heterocycles. The Labute approximate surface area is 292 Å². The number of ether oxygens (including phenoxy) is 1. The maximum Gasteiger partial charge on any atom is 0.274 e. The number of carbonyl (C=O) groups is 3. The quantitative estimate of drug-likeness (QED) is 0.295. The lowest BCUT2D eigenvalue weighted by atomic mass is 10.0. The standard InChI is InChI=1S/C35H39F2N5O6S2/c1-34(14-15-34)50(46,47)41-32(45)35-19-21(35)8-5-3-2-4-6-11-27(38-24-10-7-9-22(36)16-24)31(44)42-20-25(18-28(42)30(43)40-35)48-33-39-26-13-12-23(37)17-29(26)49-33/h5,7-10,12-13,16-17,21,25,27-28,38H,2-4,6,11,14-15,18-20H2,1H3,(H,40,43)(H,41,45)/b8-5-/t21-,25-,27+,28+,35-/m1/s1. The fraction of sp³-hybridized carbons (Fsp3) is 0.486. The molecule has 5 atom stereocenters. The maximum atomic E-state index is 14.4. The van der Waals surface area contributed by atoms with E-state index in [-0.39, 0.29) is 24.6 Å². The number of sulfonamides is 1. The van der Waals surface area contributed by atoms with E-state index in [1.54, 1.807) is 25.1 Å². The van der Waals surface area contributed by atoms with Crippen molar-refractivity contribution < 1.29 is 36.3 Å². The maximum absolute atomic E-state index is 14.4. The number of thiazole rings is 1. The number of hydrogen-bond donors (Lipinski definition) is 3. The van der Waals surface area contributed by atoms with Crippen LogP contribution in [0.4, 0.5) is 14.5 Å². The summed E-state index contributed by atoms with van der Waals surface area (Å²) in [5.74, 6) is -3.11. The molecule has 1 saturated heterocycles. The van der Waals surface area contributed by atoms with E-state index in [2.05, 4.69) is 20.3 Å². The minimum absolute atomic E-state index is 0.0117. The van der Waals surface area contributed by atoms with Gasteiger partial charge in [-0.1, -0.05) is 42.4 Å². The summed E-state index contributed by atoms with van der Waals surface area (Å²) >= 11 is 1.14. The molecular formula is C35H39F2N5O6S2. The molecule has 2 aliphatic carbocycles. The van der Waals surface area contributed by atoms with Gasteiger partial charge in [0.1, 0.15) is 35.4 Å². The van der Waals surface area contributed by atoms with Crippen LogP contribution in [0, 0.1) is 17.6 Å². The van der Waals surface area contributed by atoms with Crippen molar-refractivity contribution in [1.82, 2.24) is 19.9 Å². The Morgan fingerprint density at radius 3 is 2.68 bits per heavy atom. The Morgan fingerprint density at radius 2 is 1.90 bits per heavy atom. The van der Waals surface area contributed by atoms with E-state index < -0.39 is 73.8 Å². The lowest BCUT2D eigenvalue weighted by molar-refractivity contribution is -0.140. The van der Waals surface area contributed by atoms with Crippen LogP contribution in [-0.2, 0) is 24.4 Å². The highest BCUT2D eigenvalue weighted by atomic mass is 32.2. The summed E-state index contributed by atoms with van der Waals surface area (Å²) in [6.45, 7) is 1.59. The molecule has 4 aliphatic rings. The van der Waals surface area contributed by atoms with E-state index in [0.29, 0.717) is 48.0 Å². The van der Waals surface area contributed by atoms with Crippen LogP contribution in [-0.4, -0.2) is 71.0 Å². The van der Waals surface area contributed by atoms with E-state index in [1.165, 1.54) is 29.2 Å². The Balaban J connectivity index is 1.19. The number of allylic oxidation sites excluding steroid dienone is 1. The number of halogens is 2. The molecular weight excluding hydrogens is 689 g/mol. The molecule has 0 radical (unpaired) electrons. The summed E-state index contributed by atoms with van der Waals surface area (Å²) in [5, 5.41) is 6.29. The van der Waals surface area contributed by atoms with Gasteiger partial charge in [0.05, 0.1) is 21.5 Å². The van der Waals surface area contributed by atoms with Crippen molar-refractivity contribution in [3.8, 4) is 5.19 Å². The van der Waals surface area contributed by atoms with Crippen molar-refractivity contribution in [2.75, 3.05) is 11.9 Å². The van der Waals surface area contributed by atoms with Gasteiger partial charge in [-0.15, -0.1) is 0 Å². The van der Waals surface area contributed by atoms with Gasteiger partial charge in [0.25, 0.3) is 11.1 Å². The van der Waals surface area contributed by atoms with Gasteiger partial charge >= 0.3 is 0 Å². The molecule has 7 rings (SSSR count). The minimum Gasteiger partial charge on any atom is -0.465 e. The number of amides is 3. The van der Waals surface area contributed by atoms with Gasteiger partial charge in [-0.3, -0.25) is 19.1 Å². The average Bonchev–Trinajstić information content (AvgIpc) is 3.88. The number of rotatable bonds is 7. The Kier molecular flexibility index (Phi) is 9.08. The van der Waals surface area contributed by atoms with Crippen molar-refractivity contribution >= 4 is 55.0 Å². The second kappa shape index (κ2) is 13.2. The zero-order valence-corrected chi connectivity index (χ0v) is 29.1. The van der Waals surface area contributed by atoms with Crippen molar-refractivity contribution in [3.05, 3.63) is 66.3 Å². The third kappa shape index (κ3) is 6.94. The average molecular weight is 728 g/mol. The molecule has 15 heteroatoms. The van der Waals surface area contributed by atoms with Crippen molar-refractivity contribution in [2.24, 2.45) is 5.92 Å². The molecule has 0 unspecified atom stereocenters. The Hall–Kier alpha value is -4.11. The molecule has 0 bridgehead atoms. The van der Waals surface area contributed by atoms with Crippen LogP contribution >= 0.6 is 11.3 Å². The summed E-state index contributed by atoms with van der Waals surface area (Å²) < 4.78 is 62.1. The number of fused-ring (bicyclic) bond motifs is 3. The highest BCUT2D eigenvalue weighted by Crippen LogP contribution is 2.47. The lowest BCUT2D eigenvalue weighted by Gasteiger charge is -2.30. The molecule has 3 fully saturated rings. The van der Waals surface area contributed by atoms with E-state index in [9.17, 15) is 31.6 Å². The second-order valence-corrected chi connectivity index (χ2v) is 17.2. The normalized spacial score (nSPS) is 28.7. The minimum atomic E-state index is -3.98. The smallest absolute Gasteiger partial charge is 0.274 e. The van der Waals surface area contributed by atoms with Crippen molar-refractivity contribution in [2.45, 2.75) is 93.2 Å². The number of carbonyl (C=O) groups excluding carboxylic acids is 3. The Morgan fingerprint density at radius 1 is 1.10 bits per heavy atom. The molecule has 266 valence electrons. The predicted octanol–water partition coefficient (Wildman–Crippen LogP) is 4.80. The number of benzene rings is 2. The second-order valence-electron chi connectivity index (χ2n) is 14.0. The van der Waals surface area contributed by atoms with Gasteiger partial charge in [-0.05, 0) is 81.8 Å². The van der Waals surface area contributed by atoms with Crippen molar-refractivity contribution in [3.63, 3.8) is 0 Å². The first kappa shape index (κ1) is 34.3. The SMILES string of the molecule is CC1(S(=O)(=O)NC(=O)[C@@]23C[C@H]2/C=C\CCCCC[C@H](Nc2cccc(F)c2)C(=O)N2C[C@H](Oc4nc5ccc(F)cc5s4)C[C@H]2C(=O)N3)CC1. The van der Waals surface area contributed by atoms with Gasteiger partial charge in [-0.2, -0.15) is 0 Å². The molecule has 3 amide bonds. The lowest BCUT2D eigenvalue weighted by Crippen LogP contribution is -2.58. The first-order chi connectivity index (χ1) is 23.9. The van der Waals surface area contributed by atoms with Crippen LogP contribution in [0.5, 0.6) is 5.19 Å². The van der Waals surface area contributed by atoms with E-state index in [0.717, 1.165) is 24.2 Å². The topological polar surface area (TPSA) is 147 Å². The fourth-order valence-corrected chi connectivity index (χ4v) is 9.01. The molecule has 3 aromatic rings. The molecule has 3 heterocycles. The first-order valence-electron chi connectivity index (χ1n) is 17.0. The number of nitrogens with one attached hydrogen (secondary N) is 3. The van der Waals surface area contributed by atoms with Gasteiger partial charge in [0.2, 0.25) is 21.8 Å². The summed E-state index contributed by atoms with van der Waals surface area (Å²) in [6, 6.07) is 8.14. The third-order valence-corrected chi connectivity index (χ3v) is 13.3. The van der Waals surface area contributed by atoms with E-state index in [1.807, 2.05) is 12.2 Å².